The molecular formula is C19H23F2N3O2. The maximum atomic E-state index is 13.4. The lowest BCUT2D eigenvalue weighted by Gasteiger charge is -2.17. The summed E-state index contributed by atoms with van der Waals surface area (Å²) in [6.45, 7) is 5.24. The van der Waals surface area contributed by atoms with Crippen molar-refractivity contribution >= 4 is 5.96 Å². The van der Waals surface area contributed by atoms with Gasteiger partial charge in [-0.3, -0.25) is 0 Å². The molecule has 0 aliphatic heterocycles. The van der Waals surface area contributed by atoms with Crippen LogP contribution < -0.4 is 15.4 Å². The minimum atomic E-state index is -0.669. The zero-order valence-electron chi connectivity index (χ0n) is 14.8. The molecular weight excluding hydrogens is 340 g/mol. The first-order valence-corrected chi connectivity index (χ1v) is 8.39. The molecule has 0 radical (unpaired) electrons. The Bertz CT molecular complexity index is 736. The van der Waals surface area contributed by atoms with Crippen molar-refractivity contribution in [1.82, 2.24) is 10.6 Å². The van der Waals surface area contributed by atoms with Crippen LogP contribution in [0.3, 0.4) is 0 Å². The number of nitrogens with zero attached hydrogens (tertiary/aromatic N) is 1. The molecule has 0 spiro atoms. The fourth-order valence-corrected chi connectivity index (χ4v) is 2.19. The lowest BCUT2D eigenvalue weighted by molar-refractivity contribution is 0.223. The number of nitrogens with one attached hydrogen (secondary N) is 2. The van der Waals surface area contributed by atoms with E-state index in [2.05, 4.69) is 15.6 Å². The Morgan fingerprint density at radius 1 is 1.15 bits per heavy atom. The Kier molecular flexibility index (Phi) is 7.20. The van der Waals surface area contributed by atoms with Crippen LogP contribution in [0.5, 0.6) is 11.5 Å². The lowest BCUT2D eigenvalue weighted by Crippen LogP contribution is -2.41. The number of aliphatic imine (C=N–C) groups is 1. The smallest absolute Gasteiger partial charge is 0.191 e. The predicted octanol–water partition coefficient (Wildman–Crippen LogP) is 3.19. The first kappa shape index (κ1) is 19.5. The van der Waals surface area contributed by atoms with Gasteiger partial charge >= 0.3 is 0 Å². The topological polar surface area (TPSA) is 65.9 Å². The van der Waals surface area contributed by atoms with E-state index < -0.39 is 5.82 Å². The number of phenols is 1. The molecule has 0 fully saturated rings. The quantitative estimate of drug-likeness (QED) is 0.522. The van der Waals surface area contributed by atoms with Gasteiger partial charge in [0, 0.05) is 6.54 Å². The largest absolute Gasteiger partial charge is 0.505 e. The summed E-state index contributed by atoms with van der Waals surface area (Å²) in [5.41, 5.74) is 0.646. The van der Waals surface area contributed by atoms with Gasteiger partial charge in [-0.1, -0.05) is 6.07 Å². The predicted molar refractivity (Wildman–Crippen MR) is 97.4 cm³/mol. The summed E-state index contributed by atoms with van der Waals surface area (Å²) < 4.78 is 32.0. The molecule has 3 N–H and O–H groups in total. The van der Waals surface area contributed by atoms with Gasteiger partial charge < -0.3 is 20.5 Å². The molecule has 7 heteroatoms. The van der Waals surface area contributed by atoms with Crippen LogP contribution >= 0.6 is 0 Å². The summed E-state index contributed by atoms with van der Waals surface area (Å²) in [6, 6.07) is 10.0. The number of aromatic hydroxyl groups is 1. The summed E-state index contributed by atoms with van der Waals surface area (Å²) in [7, 11) is 0. The van der Waals surface area contributed by atoms with E-state index in [1.165, 1.54) is 24.3 Å². The van der Waals surface area contributed by atoms with E-state index in [-0.39, 0.29) is 24.2 Å². The van der Waals surface area contributed by atoms with Crippen LogP contribution in [0.4, 0.5) is 8.78 Å². The highest BCUT2D eigenvalue weighted by molar-refractivity contribution is 5.79. The number of rotatable bonds is 7. The standard InChI is InChI=1S/C19H23F2N3O2/c1-3-22-19(24-12-14-4-9-18(25)17(21)10-14)23-11-13(2)26-16-7-5-15(20)6-8-16/h4-10,13,25H,3,11-12H2,1-2H3,(H2,22,23,24). The van der Waals surface area contributed by atoms with Crippen LogP contribution in [0.25, 0.3) is 0 Å². The van der Waals surface area contributed by atoms with Crippen LogP contribution in [0, 0.1) is 11.6 Å². The van der Waals surface area contributed by atoms with Gasteiger partial charge in [0.15, 0.2) is 17.5 Å². The van der Waals surface area contributed by atoms with Gasteiger partial charge in [-0.05, 0) is 55.8 Å². The summed E-state index contributed by atoms with van der Waals surface area (Å²) in [6.07, 6.45) is -0.171. The van der Waals surface area contributed by atoms with Crippen molar-refractivity contribution < 1.29 is 18.6 Å². The molecule has 2 aromatic carbocycles. The van der Waals surface area contributed by atoms with Crippen LogP contribution in [-0.4, -0.2) is 30.3 Å². The number of halogens is 2. The zero-order valence-corrected chi connectivity index (χ0v) is 14.8. The monoisotopic (exact) mass is 363 g/mol. The van der Waals surface area contributed by atoms with Crippen LogP contribution in [0.15, 0.2) is 47.5 Å². The lowest BCUT2D eigenvalue weighted by atomic mass is 10.2. The van der Waals surface area contributed by atoms with Crippen molar-refractivity contribution in [2.45, 2.75) is 26.5 Å². The average molecular weight is 363 g/mol. The average Bonchev–Trinajstić information content (AvgIpc) is 2.62. The molecule has 0 aliphatic rings. The van der Waals surface area contributed by atoms with Crippen LogP contribution in [0.2, 0.25) is 0 Å². The second-order valence-corrected chi connectivity index (χ2v) is 5.74. The number of guanidine groups is 1. The first-order valence-electron chi connectivity index (χ1n) is 8.39. The molecule has 140 valence electrons. The molecule has 26 heavy (non-hydrogen) atoms. The van der Waals surface area contributed by atoms with Crippen molar-refractivity contribution in [3.05, 3.63) is 59.7 Å². The summed E-state index contributed by atoms with van der Waals surface area (Å²) in [4.78, 5) is 4.39. The Morgan fingerprint density at radius 3 is 2.54 bits per heavy atom. The van der Waals surface area contributed by atoms with Gasteiger partial charge in [-0.2, -0.15) is 0 Å². The second kappa shape index (κ2) is 9.60. The molecule has 0 saturated carbocycles. The zero-order chi connectivity index (χ0) is 18.9. The Morgan fingerprint density at radius 2 is 1.88 bits per heavy atom. The van der Waals surface area contributed by atoms with Crippen molar-refractivity contribution in [2.24, 2.45) is 4.99 Å². The van der Waals surface area contributed by atoms with E-state index in [4.69, 9.17) is 4.74 Å². The normalized spacial score (nSPS) is 12.5. The second-order valence-electron chi connectivity index (χ2n) is 5.74. The van der Waals surface area contributed by atoms with Gasteiger partial charge in [0.25, 0.3) is 0 Å². The Balaban J connectivity index is 1.89. The third-order valence-corrected chi connectivity index (χ3v) is 3.48. The molecule has 2 aromatic rings. The van der Waals surface area contributed by atoms with Crippen LogP contribution in [-0.2, 0) is 6.54 Å². The molecule has 1 unspecified atom stereocenters. The number of ether oxygens (including phenoxy) is 1. The molecule has 5 nitrogen and oxygen atoms in total. The van der Waals surface area contributed by atoms with Gasteiger partial charge in [0.1, 0.15) is 17.7 Å². The molecule has 0 saturated heterocycles. The molecule has 0 bridgehead atoms. The minimum Gasteiger partial charge on any atom is -0.505 e. The van der Waals surface area contributed by atoms with Crippen molar-refractivity contribution in [1.29, 1.82) is 0 Å². The highest BCUT2D eigenvalue weighted by Gasteiger charge is 2.07. The van der Waals surface area contributed by atoms with Gasteiger partial charge in [-0.15, -0.1) is 0 Å². The maximum Gasteiger partial charge on any atom is 0.191 e. The van der Waals surface area contributed by atoms with E-state index in [0.29, 0.717) is 30.4 Å². The molecule has 0 aliphatic carbocycles. The first-order chi connectivity index (χ1) is 12.5. The van der Waals surface area contributed by atoms with E-state index in [1.54, 1.807) is 18.2 Å². The van der Waals surface area contributed by atoms with Crippen molar-refractivity contribution in [3.63, 3.8) is 0 Å². The third-order valence-electron chi connectivity index (χ3n) is 3.48. The van der Waals surface area contributed by atoms with Gasteiger partial charge in [-0.25, -0.2) is 13.8 Å². The molecule has 1 atom stereocenters. The Hall–Kier alpha value is -2.83. The molecule has 0 aromatic heterocycles. The third kappa shape index (κ3) is 6.23. The van der Waals surface area contributed by atoms with E-state index in [0.717, 1.165) is 0 Å². The van der Waals surface area contributed by atoms with E-state index >= 15 is 0 Å². The number of benzene rings is 2. The number of hydrogen-bond donors (Lipinski definition) is 3. The van der Waals surface area contributed by atoms with E-state index in [1.807, 2.05) is 13.8 Å². The fraction of sp³-hybridized carbons (Fsp3) is 0.316. The fourth-order valence-electron chi connectivity index (χ4n) is 2.19. The molecule has 2 rings (SSSR count). The highest BCUT2D eigenvalue weighted by atomic mass is 19.1. The Labute approximate surface area is 151 Å². The molecule has 0 heterocycles. The summed E-state index contributed by atoms with van der Waals surface area (Å²) in [5.74, 6) is -0.209. The number of hydrogen-bond acceptors (Lipinski definition) is 3. The SMILES string of the molecule is CCNC(=NCc1ccc(O)c(F)c1)NCC(C)Oc1ccc(F)cc1. The van der Waals surface area contributed by atoms with E-state index in [9.17, 15) is 13.9 Å². The minimum absolute atomic E-state index is 0.171. The molecule has 0 amide bonds. The maximum absolute atomic E-state index is 13.4. The van der Waals surface area contributed by atoms with Crippen LogP contribution in [0.1, 0.15) is 19.4 Å². The van der Waals surface area contributed by atoms with Gasteiger partial charge in [0.2, 0.25) is 0 Å². The number of phenolic OH excluding ortho intramolecular Hbond substituents is 1. The summed E-state index contributed by atoms with van der Waals surface area (Å²) in [5, 5.41) is 15.5. The van der Waals surface area contributed by atoms with Crippen molar-refractivity contribution in [3.8, 4) is 11.5 Å². The summed E-state index contributed by atoms with van der Waals surface area (Å²) >= 11 is 0. The van der Waals surface area contributed by atoms with Gasteiger partial charge in [0.05, 0.1) is 13.1 Å². The highest BCUT2D eigenvalue weighted by Crippen LogP contribution is 2.16. The van der Waals surface area contributed by atoms with Crippen molar-refractivity contribution in [2.75, 3.05) is 13.1 Å².